The van der Waals surface area contributed by atoms with Crippen LogP contribution in [0.2, 0.25) is 0 Å². The number of rotatable bonds is 4. The molecule has 3 N–H and O–H groups in total. The monoisotopic (exact) mass is 187 g/mol. The van der Waals surface area contributed by atoms with E-state index in [0.29, 0.717) is 13.1 Å². The van der Waals surface area contributed by atoms with Crippen LogP contribution in [0, 0.1) is 0 Å². The van der Waals surface area contributed by atoms with Crippen molar-refractivity contribution < 1.29 is 9.59 Å². The molecule has 5 heteroatoms. The van der Waals surface area contributed by atoms with Crippen LogP contribution < -0.4 is 11.3 Å². The Kier molecular flexibility index (Phi) is 5.88. The zero-order valence-corrected chi connectivity index (χ0v) is 8.17. The second-order valence-electron chi connectivity index (χ2n) is 2.71. The average Bonchev–Trinajstić information content (AvgIpc) is 2.17. The first-order valence-electron chi connectivity index (χ1n) is 4.47. The van der Waals surface area contributed by atoms with Gasteiger partial charge in [-0.15, -0.1) is 0 Å². The van der Waals surface area contributed by atoms with Gasteiger partial charge in [-0.25, -0.2) is 5.84 Å². The van der Waals surface area contributed by atoms with Crippen LogP contribution in [-0.2, 0) is 9.59 Å². The maximum absolute atomic E-state index is 11.2. The third-order valence-electron chi connectivity index (χ3n) is 1.78. The van der Waals surface area contributed by atoms with Gasteiger partial charge in [-0.3, -0.25) is 15.0 Å². The van der Waals surface area contributed by atoms with E-state index in [2.05, 4.69) is 0 Å². The van der Waals surface area contributed by atoms with Crippen LogP contribution in [0.1, 0.15) is 26.7 Å². The summed E-state index contributed by atoms with van der Waals surface area (Å²) in [4.78, 5) is 23.6. The zero-order chi connectivity index (χ0) is 10.3. The lowest BCUT2D eigenvalue weighted by molar-refractivity contribution is -0.145. The average molecular weight is 187 g/mol. The molecule has 0 saturated carbocycles. The fourth-order valence-corrected chi connectivity index (χ4v) is 0.958. The van der Waals surface area contributed by atoms with E-state index >= 15 is 0 Å². The van der Waals surface area contributed by atoms with Crippen LogP contribution in [0.25, 0.3) is 0 Å². The van der Waals surface area contributed by atoms with Crippen LogP contribution >= 0.6 is 0 Å². The van der Waals surface area contributed by atoms with E-state index in [0.717, 1.165) is 12.8 Å². The molecule has 0 heterocycles. The lowest BCUT2D eigenvalue weighted by Gasteiger charge is -2.18. The molecule has 76 valence electrons. The molecule has 0 unspecified atom stereocenters. The molecule has 5 nitrogen and oxygen atoms in total. The molecule has 0 rings (SSSR count). The van der Waals surface area contributed by atoms with Crippen LogP contribution in [0.15, 0.2) is 0 Å². The first-order chi connectivity index (χ1) is 6.17. The van der Waals surface area contributed by atoms with Gasteiger partial charge < -0.3 is 4.90 Å². The minimum Gasteiger partial charge on any atom is -0.335 e. The number of nitrogens with zero attached hydrogens (tertiary/aromatic N) is 1. The molecular weight excluding hydrogens is 170 g/mol. The second-order valence-corrected chi connectivity index (χ2v) is 2.71. The van der Waals surface area contributed by atoms with Crippen molar-refractivity contribution in [1.29, 1.82) is 0 Å². The third-order valence-corrected chi connectivity index (χ3v) is 1.78. The summed E-state index contributed by atoms with van der Waals surface area (Å²) in [5, 5.41) is 0. The zero-order valence-electron chi connectivity index (χ0n) is 8.17. The number of unbranched alkanes of at least 4 members (excludes halogenated alkanes) is 1. The van der Waals surface area contributed by atoms with Crippen LogP contribution in [0.5, 0.6) is 0 Å². The van der Waals surface area contributed by atoms with Gasteiger partial charge in [-0.05, 0) is 13.3 Å². The highest BCUT2D eigenvalue weighted by Crippen LogP contribution is 1.95. The first kappa shape index (κ1) is 11.9. The Labute approximate surface area is 78.2 Å². The van der Waals surface area contributed by atoms with Crippen molar-refractivity contribution in [3.8, 4) is 0 Å². The molecule has 0 spiro atoms. The van der Waals surface area contributed by atoms with Crippen molar-refractivity contribution in [2.75, 3.05) is 13.1 Å². The van der Waals surface area contributed by atoms with E-state index < -0.39 is 11.8 Å². The second kappa shape index (κ2) is 6.42. The number of hydrogen-bond acceptors (Lipinski definition) is 3. The van der Waals surface area contributed by atoms with Gasteiger partial charge in [0.1, 0.15) is 0 Å². The molecule has 0 aromatic heterocycles. The summed E-state index contributed by atoms with van der Waals surface area (Å²) in [5.41, 5.74) is 1.83. The summed E-state index contributed by atoms with van der Waals surface area (Å²) in [6, 6.07) is 0. The van der Waals surface area contributed by atoms with Crippen molar-refractivity contribution in [3.63, 3.8) is 0 Å². The predicted molar refractivity (Wildman–Crippen MR) is 49.5 cm³/mol. The Morgan fingerprint density at radius 1 is 1.38 bits per heavy atom. The molecule has 0 aromatic rings. The molecule has 0 aliphatic heterocycles. The fourth-order valence-electron chi connectivity index (χ4n) is 0.958. The van der Waals surface area contributed by atoms with Crippen molar-refractivity contribution in [2.24, 2.45) is 5.84 Å². The van der Waals surface area contributed by atoms with Gasteiger partial charge in [0, 0.05) is 13.1 Å². The largest absolute Gasteiger partial charge is 0.335 e. The summed E-state index contributed by atoms with van der Waals surface area (Å²) in [6.45, 7) is 5.00. The lowest BCUT2D eigenvalue weighted by Crippen LogP contribution is -2.45. The highest BCUT2D eigenvalue weighted by Gasteiger charge is 2.18. The molecule has 0 radical (unpaired) electrons. The van der Waals surface area contributed by atoms with Crippen LogP contribution in [-0.4, -0.2) is 29.8 Å². The summed E-state index contributed by atoms with van der Waals surface area (Å²) in [6.07, 6.45) is 1.89. The van der Waals surface area contributed by atoms with Crippen molar-refractivity contribution in [3.05, 3.63) is 0 Å². The number of likely N-dealkylation sites (N-methyl/N-ethyl adjacent to an activating group) is 1. The smallest absolute Gasteiger partial charge is 0.323 e. The number of nitrogens with two attached hydrogens (primary N) is 1. The van der Waals surface area contributed by atoms with Crippen molar-refractivity contribution in [2.45, 2.75) is 26.7 Å². The Hall–Kier alpha value is -1.10. The predicted octanol–water partition coefficient (Wildman–Crippen LogP) is -0.375. The Bertz CT molecular complexity index is 182. The molecule has 0 aromatic carbocycles. The van der Waals surface area contributed by atoms with E-state index in [1.54, 1.807) is 0 Å². The molecule has 2 amide bonds. The number of hydrogen-bond donors (Lipinski definition) is 2. The molecule has 0 aliphatic rings. The number of carbonyl (C=O) groups excluding carboxylic acids is 2. The molecule has 0 atom stereocenters. The standard InChI is InChI=1S/C8H17N3O2/c1-3-5-6-11(4-2)8(13)7(12)10-9/h3-6,9H2,1-2H3,(H,10,12). The van der Waals surface area contributed by atoms with Gasteiger partial charge in [0.25, 0.3) is 0 Å². The van der Waals surface area contributed by atoms with E-state index in [-0.39, 0.29) is 0 Å². The maximum Gasteiger partial charge on any atom is 0.323 e. The highest BCUT2D eigenvalue weighted by molar-refractivity contribution is 6.34. The minimum atomic E-state index is -0.752. The van der Waals surface area contributed by atoms with Gasteiger partial charge in [-0.2, -0.15) is 0 Å². The Morgan fingerprint density at radius 2 is 2.00 bits per heavy atom. The maximum atomic E-state index is 11.2. The van der Waals surface area contributed by atoms with Gasteiger partial charge in [0.15, 0.2) is 0 Å². The molecular formula is C8H17N3O2. The fraction of sp³-hybridized carbons (Fsp3) is 0.750. The third kappa shape index (κ3) is 3.89. The van der Waals surface area contributed by atoms with Gasteiger partial charge in [0.05, 0.1) is 0 Å². The van der Waals surface area contributed by atoms with Crippen LogP contribution in [0.4, 0.5) is 0 Å². The van der Waals surface area contributed by atoms with E-state index in [1.165, 1.54) is 4.90 Å². The van der Waals surface area contributed by atoms with Gasteiger partial charge in [-0.1, -0.05) is 13.3 Å². The molecule has 0 fully saturated rings. The summed E-state index contributed by atoms with van der Waals surface area (Å²) in [5.74, 6) is 3.54. The van der Waals surface area contributed by atoms with Crippen LogP contribution in [0.3, 0.4) is 0 Å². The topological polar surface area (TPSA) is 75.4 Å². The quantitative estimate of drug-likeness (QED) is 0.273. The number of nitrogens with one attached hydrogen (secondary N) is 1. The Morgan fingerprint density at radius 3 is 2.38 bits per heavy atom. The summed E-state index contributed by atoms with van der Waals surface area (Å²) >= 11 is 0. The van der Waals surface area contributed by atoms with Crippen molar-refractivity contribution in [1.82, 2.24) is 10.3 Å². The van der Waals surface area contributed by atoms with E-state index in [9.17, 15) is 9.59 Å². The molecule has 0 bridgehead atoms. The number of carbonyl (C=O) groups is 2. The Balaban J connectivity index is 4.06. The summed E-state index contributed by atoms with van der Waals surface area (Å²) < 4.78 is 0. The normalized spacial score (nSPS) is 9.46. The molecule has 0 aliphatic carbocycles. The van der Waals surface area contributed by atoms with Gasteiger partial charge in [0.2, 0.25) is 0 Å². The first-order valence-corrected chi connectivity index (χ1v) is 4.47. The van der Waals surface area contributed by atoms with Gasteiger partial charge >= 0.3 is 11.8 Å². The lowest BCUT2D eigenvalue weighted by atomic mass is 10.3. The SMILES string of the molecule is CCCCN(CC)C(=O)C(=O)NN. The van der Waals surface area contributed by atoms with Crippen molar-refractivity contribution >= 4 is 11.8 Å². The minimum absolute atomic E-state index is 0.534. The molecule has 13 heavy (non-hydrogen) atoms. The molecule has 0 saturated heterocycles. The highest BCUT2D eigenvalue weighted by atomic mass is 16.2. The number of amides is 2. The number of hydrazine groups is 1. The summed E-state index contributed by atoms with van der Waals surface area (Å²) in [7, 11) is 0. The van der Waals surface area contributed by atoms with E-state index in [1.807, 2.05) is 19.3 Å². The van der Waals surface area contributed by atoms with E-state index in [4.69, 9.17) is 5.84 Å².